The highest BCUT2D eigenvalue weighted by Crippen LogP contribution is 2.25. The molecule has 0 unspecified atom stereocenters. The zero-order valence-corrected chi connectivity index (χ0v) is 8.97. The molecular weight excluding hydrogens is 215 g/mol. The van der Waals surface area contributed by atoms with Crippen molar-refractivity contribution in [2.75, 3.05) is 0 Å². The van der Waals surface area contributed by atoms with E-state index in [1.807, 2.05) is 36.4 Å². The number of nitrogens with zero attached hydrogens (tertiary/aromatic N) is 2. The van der Waals surface area contributed by atoms with Gasteiger partial charge in [0.2, 0.25) is 0 Å². The molecule has 0 saturated carbocycles. The first-order valence-corrected chi connectivity index (χ1v) is 5.31. The third-order valence-electron chi connectivity index (χ3n) is 2.66. The summed E-state index contributed by atoms with van der Waals surface area (Å²) in [4.78, 5) is 8.22. The van der Waals surface area contributed by atoms with Crippen LogP contribution >= 0.6 is 0 Å². The molecule has 82 valence electrons. The van der Waals surface area contributed by atoms with Crippen LogP contribution in [0.25, 0.3) is 22.2 Å². The highest BCUT2D eigenvalue weighted by molar-refractivity contribution is 5.92. The van der Waals surface area contributed by atoms with Gasteiger partial charge in [0.15, 0.2) is 0 Å². The number of benzene rings is 2. The van der Waals surface area contributed by atoms with E-state index in [0.29, 0.717) is 5.52 Å². The summed E-state index contributed by atoms with van der Waals surface area (Å²) in [5.41, 5.74) is 2.09. The van der Waals surface area contributed by atoms with Crippen molar-refractivity contribution in [2.45, 2.75) is 0 Å². The number of hydrogen-bond donors (Lipinski definition) is 0. The first-order valence-electron chi connectivity index (χ1n) is 5.31. The molecule has 3 aromatic rings. The van der Waals surface area contributed by atoms with Crippen molar-refractivity contribution in [1.29, 1.82) is 0 Å². The summed E-state index contributed by atoms with van der Waals surface area (Å²) >= 11 is 0. The minimum Gasteiger partial charge on any atom is -0.236 e. The number of aromatic nitrogens is 2. The van der Waals surface area contributed by atoms with E-state index in [1.54, 1.807) is 6.07 Å². The molecule has 3 rings (SSSR count). The van der Waals surface area contributed by atoms with E-state index in [4.69, 9.17) is 0 Å². The number of halogens is 1. The van der Waals surface area contributed by atoms with Gasteiger partial charge in [-0.2, -0.15) is 0 Å². The van der Waals surface area contributed by atoms with Gasteiger partial charge in [-0.1, -0.05) is 42.5 Å². The van der Waals surface area contributed by atoms with Gasteiger partial charge in [-0.05, 0) is 6.07 Å². The summed E-state index contributed by atoms with van der Waals surface area (Å²) in [6.07, 6.45) is 1.40. The van der Waals surface area contributed by atoms with Gasteiger partial charge in [0.25, 0.3) is 0 Å². The van der Waals surface area contributed by atoms with Gasteiger partial charge < -0.3 is 0 Å². The van der Waals surface area contributed by atoms with Crippen LogP contribution < -0.4 is 0 Å². The van der Waals surface area contributed by atoms with Crippen LogP contribution in [0, 0.1) is 5.82 Å². The Labute approximate surface area is 97.8 Å². The number of para-hydroxylation sites is 1. The predicted octanol–water partition coefficient (Wildman–Crippen LogP) is 3.44. The lowest BCUT2D eigenvalue weighted by molar-refractivity contribution is 0.636. The van der Waals surface area contributed by atoms with E-state index in [2.05, 4.69) is 9.97 Å². The maximum absolute atomic E-state index is 13.6. The Morgan fingerprint density at radius 3 is 2.47 bits per heavy atom. The first kappa shape index (κ1) is 9.90. The minimum atomic E-state index is -0.318. The van der Waals surface area contributed by atoms with Crippen LogP contribution in [0.2, 0.25) is 0 Å². The summed E-state index contributed by atoms with van der Waals surface area (Å²) in [7, 11) is 0. The second kappa shape index (κ2) is 3.94. The number of hydrogen-bond acceptors (Lipinski definition) is 2. The van der Waals surface area contributed by atoms with E-state index >= 15 is 0 Å². The van der Waals surface area contributed by atoms with E-state index in [1.165, 1.54) is 12.4 Å². The van der Waals surface area contributed by atoms with Gasteiger partial charge in [-0.3, -0.25) is 0 Å². The van der Waals surface area contributed by atoms with Crippen LogP contribution in [0.4, 0.5) is 4.39 Å². The molecule has 0 fully saturated rings. The smallest absolute Gasteiger partial charge is 0.149 e. The molecule has 3 heteroatoms. The largest absolute Gasteiger partial charge is 0.236 e. The highest BCUT2D eigenvalue weighted by Gasteiger charge is 2.08. The highest BCUT2D eigenvalue weighted by atomic mass is 19.1. The monoisotopic (exact) mass is 224 g/mol. The van der Waals surface area contributed by atoms with Crippen molar-refractivity contribution in [3.63, 3.8) is 0 Å². The predicted molar refractivity (Wildman–Crippen MR) is 64.9 cm³/mol. The molecule has 0 radical (unpaired) electrons. The molecule has 17 heavy (non-hydrogen) atoms. The Kier molecular flexibility index (Phi) is 2.29. The lowest BCUT2D eigenvalue weighted by Crippen LogP contribution is -1.90. The van der Waals surface area contributed by atoms with Crippen LogP contribution in [-0.4, -0.2) is 9.97 Å². The van der Waals surface area contributed by atoms with Crippen LogP contribution in [0.1, 0.15) is 0 Å². The van der Waals surface area contributed by atoms with Gasteiger partial charge in [0.05, 0.1) is 5.69 Å². The zero-order chi connectivity index (χ0) is 11.7. The summed E-state index contributed by atoms with van der Waals surface area (Å²) < 4.78 is 13.6. The standard InChI is InChI=1S/C14H9FN2/c15-12-8-4-7-11-13(16-9-17-14(11)12)10-5-2-1-3-6-10/h1-9H. The molecule has 0 aliphatic heterocycles. The first-order chi connectivity index (χ1) is 8.36. The second-order valence-corrected chi connectivity index (χ2v) is 3.72. The summed E-state index contributed by atoms with van der Waals surface area (Å²) in [6, 6.07) is 14.6. The van der Waals surface area contributed by atoms with Gasteiger partial charge in [-0.25, -0.2) is 14.4 Å². The molecule has 2 aromatic carbocycles. The lowest BCUT2D eigenvalue weighted by Gasteiger charge is -2.05. The third-order valence-corrected chi connectivity index (χ3v) is 2.66. The minimum absolute atomic E-state index is 0.318. The maximum Gasteiger partial charge on any atom is 0.149 e. The fourth-order valence-electron chi connectivity index (χ4n) is 1.88. The van der Waals surface area contributed by atoms with Crippen molar-refractivity contribution in [2.24, 2.45) is 0 Å². The zero-order valence-electron chi connectivity index (χ0n) is 8.97. The fourth-order valence-corrected chi connectivity index (χ4v) is 1.88. The Morgan fingerprint density at radius 2 is 1.65 bits per heavy atom. The Bertz CT molecular complexity index is 665. The summed E-state index contributed by atoms with van der Waals surface area (Å²) in [5.74, 6) is -0.318. The van der Waals surface area contributed by atoms with Gasteiger partial charge >= 0.3 is 0 Å². The Hall–Kier alpha value is -2.29. The van der Waals surface area contributed by atoms with Crippen LogP contribution in [-0.2, 0) is 0 Å². The lowest BCUT2D eigenvalue weighted by atomic mass is 10.1. The molecule has 1 heterocycles. The van der Waals surface area contributed by atoms with E-state index in [0.717, 1.165) is 16.6 Å². The van der Waals surface area contributed by atoms with Crippen LogP contribution in [0.3, 0.4) is 0 Å². The van der Waals surface area contributed by atoms with Crippen molar-refractivity contribution < 1.29 is 4.39 Å². The van der Waals surface area contributed by atoms with Crippen molar-refractivity contribution >= 4 is 10.9 Å². The molecule has 0 atom stereocenters. The normalized spacial score (nSPS) is 10.6. The molecule has 2 nitrogen and oxygen atoms in total. The number of fused-ring (bicyclic) bond motifs is 1. The Morgan fingerprint density at radius 1 is 0.824 bits per heavy atom. The molecule has 1 aromatic heterocycles. The summed E-state index contributed by atoms with van der Waals surface area (Å²) in [6.45, 7) is 0. The Balaban J connectivity index is 2.35. The molecular formula is C14H9FN2. The quantitative estimate of drug-likeness (QED) is 0.632. The fraction of sp³-hybridized carbons (Fsp3) is 0. The van der Waals surface area contributed by atoms with Gasteiger partial charge in [0.1, 0.15) is 17.7 Å². The van der Waals surface area contributed by atoms with Crippen molar-refractivity contribution in [3.8, 4) is 11.3 Å². The topological polar surface area (TPSA) is 25.8 Å². The third kappa shape index (κ3) is 1.65. The van der Waals surface area contributed by atoms with Crippen molar-refractivity contribution in [3.05, 3.63) is 60.7 Å². The van der Waals surface area contributed by atoms with E-state index in [9.17, 15) is 4.39 Å². The molecule has 0 bridgehead atoms. The van der Waals surface area contributed by atoms with Crippen LogP contribution in [0.5, 0.6) is 0 Å². The van der Waals surface area contributed by atoms with Gasteiger partial charge in [-0.15, -0.1) is 0 Å². The second-order valence-electron chi connectivity index (χ2n) is 3.72. The van der Waals surface area contributed by atoms with E-state index < -0.39 is 0 Å². The maximum atomic E-state index is 13.6. The molecule has 0 aliphatic rings. The van der Waals surface area contributed by atoms with E-state index in [-0.39, 0.29) is 5.82 Å². The molecule has 0 saturated heterocycles. The molecule has 0 spiro atoms. The van der Waals surface area contributed by atoms with Crippen LogP contribution in [0.15, 0.2) is 54.9 Å². The van der Waals surface area contributed by atoms with Crippen molar-refractivity contribution in [1.82, 2.24) is 9.97 Å². The molecule has 0 N–H and O–H groups in total. The molecule has 0 aliphatic carbocycles. The average Bonchev–Trinajstić information content (AvgIpc) is 2.40. The van der Waals surface area contributed by atoms with Gasteiger partial charge in [0, 0.05) is 10.9 Å². The molecule has 0 amide bonds. The SMILES string of the molecule is Fc1cccc2c(-c3ccccc3)ncnc12. The average molecular weight is 224 g/mol. The summed E-state index contributed by atoms with van der Waals surface area (Å²) in [5, 5.41) is 0.735. The number of rotatable bonds is 1.